The Bertz CT molecular complexity index is 732. The Morgan fingerprint density at radius 1 is 1.27 bits per heavy atom. The first kappa shape index (κ1) is 15.4. The van der Waals surface area contributed by atoms with E-state index in [4.69, 9.17) is 10.2 Å². The second-order valence-corrected chi connectivity index (χ2v) is 9.12. The molecule has 120 valence electrons. The highest BCUT2D eigenvalue weighted by molar-refractivity contribution is 7.91. The van der Waals surface area contributed by atoms with E-state index in [0.717, 1.165) is 16.2 Å². The van der Waals surface area contributed by atoms with Crippen molar-refractivity contribution in [2.45, 2.75) is 29.9 Å². The summed E-state index contributed by atoms with van der Waals surface area (Å²) < 4.78 is 22.4. The lowest BCUT2D eigenvalue weighted by Gasteiger charge is -2.66. The average Bonchev–Trinajstić information content (AvgIpc) is 2.72. The van der Waals surface area contributed by atoms with Crippen LogP contribution in [0.5, 0.6) is 0 Å². The molecule has 2 bridgehead atoms. The van der Waals surface area contributed by atoms with Crippen molar-refractivity contribution in [3.63, 3.8) is 0 Å². The molecule has 0 atom stereocenters. The first-order valence-electron chi connectivity index (χ1n) is 6.80. The lowest BCUT2D eigenvalue weighted by molar-refractivity contribution is -0.220. The molecule has 3 aliphatic carbocycles. The molecule has 4 rings (SSSR count). The van der Waals surface area contributed by atoms with Gasteiger partial charge in [0.25, 0.3) is 0 Å². The Morgan fingerprint density at radius 3 is 2.41 bits per heavy atom. The molecular formula is C13H16N2O5S2. The molecule has 1 aromatic heterocycles. The number of nitrogens with two attached hydrogens (primary N) is 1. The number of hydrogen-bond donors (Lipinski definition) is 3. The Labute approximate surface area is 131 Å². The third kappa shape index (κ3) is 2.33. The Kier molecular flexibility index (Phi) is 3.35. The van der Waals surface area contributed by atoms with Gasteiger partial charge in [-0.2, -0.15) is 0 Å². The van der Waals surface area contributed by atoms with Crippen LogP contribution in [-0.4, -0.2) is 31.9 Å². The zero-order chi connectivity index (χ0) is 16.2. The third-order valence-electron chi connectivity index (χ3n) is 4.54. The number of carboxylic acid groups (broad SMARTS) is 1. The molecule has 1 heterocycles. The molecule has 1 amide bonds. The molecule has 4 N–H and O–H groups in total. The van der Waals surface area contributed by atoms with Crippen molar-refractivity contribution >= 4 is 33.2 Å². The van der Waals surface area contributed by atoms with E-state index >= 15 is 0 Å². The molecule has 0 saturated heterocycles. The van der Waals surface area contributed by atoms with Crippen molar-refractivity contribution in [3.05, 3.63) is 17.0 Å². The highest BCUT2D eigenvalue weighted by atomic mass is 32.2. The topological polar surface area (TPSA) is 127 Å². The Morgan fingerprint density at radius 2 is 1.91 bits per heavy atom. The third-order valence-corrected chi connectivity index (χ3v) is 7.12. The van der Waals surface area contributed by atoms with Gasteiger partial charge in [0, 0.05) is 11.4 Å². The second-order valence-electron chi connectivity index (χ2n) is 6.17. The molecule has 0 aromatic carbocycles. The fourth-order valence-electron chi connectivity index (χ4n) is 3.39. The number of hydrogen-bond acceptors (Lipinski definition) is 5. The molecule has 3 saturated carbocycles. The molecule has 22 heavy (non-hydrogen) atoms. The maximum absolute atomic E-state index is 12.1. The molecular weight excluding hydrogens is 328 g/mol. The summed E-state index contributed by atoms with van der Waals surface area (Å²) in [5.74, 6) is -0.907. The van der Waals surface area contributed by atoms with Crippen molar-refractivity contribution in [1.29, 1.82) is 0 Å². The maximum Gasteiger partial charge on any atom is 0.309 e. The summed E-state index contributed by atoms with van der Waals surface area (Å²) in [4.78, 5) is 23.9. The van der Waals surface area contributed by atoms with Gasteiger partial charge in [-0.15, -0.1) is 11.3 Å². The van der Waals surface area contributed by atoms with Gasteiger partial charge in [0.1, 0.15) is 4.21 Å². The molecule has 0 aliphatic heterocycles. The van der Waals surface area contributed by atoms with E-state index in [2.05, 4.69) is 5.32 Å². The zero-order valence-electron chi connectivity index (χ0n) is 11.7. The van der Waals surface area contributed by atoms with Crippen molar-refractivity contribution in [3.8, 4) is 0 Å². The lowest BCUT2D eigenvalue weighted by Crippen LogP contribution is -2.70. The first-order chi connectivity index (χ1) is 10.2. The van der Waals surface area contributed by atoms with E-state index in [9.17, 15) is 18.0 Å². The predicted molar refractivity (Wildman–Crippen MR) is 78.8 cm³/mol. The summed E-state index contributed by atoms with van der Waals surface area (Å²) in [6.07, 6.45) is 1.80. The summed E-state index contributed by atoms with van der Waals surface area (Å²) in [5.41, 5.74) is -1.14. The number of nitrogens with one attached hydrogen (secondary N) is 1. The summed E-state index contributed by atoms with van der Waals surface area (Å²) in [5, 5.41) is 16.9. The lowest BCUT2D eigenvalue weighted by atomic mass is 9.35. The van der Waals surface area contributed by atoms with Gasteiger partial charge in [0.05, 0.1) is 10.8 Å². The molecule has 0 spiro atoms. The van der Waals surface area contributed by atoms with E-state index in [0.29, 0.717) is 32.2 Å². The number of rotatable bonds is 6. The monoisotopic (exact) mass is 344 g/mol. The minimum Gasteiger partial charge on any atom is -0.481 e. The number of carbonyl (C=O) groups is 2. The van der Waals surface area contributed by atoms with E-state index in [1.807, 2.05) is 0 Å². The van der Waals surface area contributed by atoms with Gasteiger partial charge in [0.2, 0.25) is 15.9 Å². The van der Waals surface area contributed by atoms with Crippen LogP contribution < -0.4 is 10.5 Å². The smallest absolute Gasteiger partial charge is 0.309 e. The summed E-state index contributed by atoms with van der Waals surface area (Å²) in [7, 11) is -3.67. The fraction of sp³-hybridized carbons (Fsp3) is 0.538. The highest BCUT2D eigenvalue weighted by Gasteiger charge is 2.75. The van der Waals surface area contributed by atoms with Crippen LogP contribution >= 0.6 is 11.3 Å². The number of amides is 1. The van der Waals surface area contributed by atoms with Crippen molar-refractivity contribution < 1.29 is 23.1 Å². The van der Waals surface area contributed by atoms with Crippen LogP contribution in [0.25, 0.3) is 0 Å². The van der Waals surface area contributed by atoms with Crippen LogP contribution in [0.3, 0.4) is 0 Å². The average molecular weight is 344 g/mol. The van der Waals surface area contributed by atoms with E-state index < -0.39 is 26.8 Å². The number of primary sulfonamides is 1. The fourth-order valence-corrected chi connectivity index (χ4v) is 5.17. The van der Waals surface area contributed by atoms with Crippen molar-refractivity contribution in [2.75, 3.05) is 6.54 Å². The zero-order valence-corrected chi connectivity index (χ0v) is 13.3. The molecule has 1 aromatic rings. The maximum atomic E-state index is 12.1. The standard InChI is InChI=1S/C13H16N2O5S2/c14-22(19,20)9-2-1-8(21-9)3-4-15-10(16)12-5-13(6-12,7-12)11(17)18/h1-2H,3-7H2,(H,15,16)(H,17,18)(H2,14,19,20). The van der Waals surface area contributed by atoms with Crippen LogP contribution in [-0.2, 0) is 26.0 Å². The van der Waals surface area contributed by atoms with Gasteiger partial charge < -0.3 is 10.4 Å². The molecule has 0 unspecified atom stereocenters. The molecule has 3 aliphatic rings. The largest absolute Gasteiger partial charge is 0.481 e. The van der Waals surface area contributed by atoms with Crippen LogP contribution in [0.2, 0.25) is 0 Å². The Balaban J connectivity index is 1.48. The van der Waals surface area contributed by atoms with Crippen molar-refractivity contribution in [2.24, 2.45) is 16.0 Å². The number of carbonyl (C=O) groups excluding carboxylic acids is 1. The Hall–Kier alpha value is -1.45. The molecule has 7 nitrogen and oxygen atoms in total. The number of sulfonamides is 1. The highest BCUT2D eigenvalue weighted by Crippen LogP contribution is 2.73. The van der Waals surface area contributed by atoms with Gasteiger partial charge >= 0.3 is 5.97 Å². The second kappa shape index (κ2) is 4.77. The number of thiophene rings is 1. The predicted octanol–water partition coefficient (Wildman–Crippen LogP) is 0.309. The van der Waals surface area contributed by atoms with Crippen LogP contribution in [0.15, 0.2) is 16.3 Å². The van der Waals surface area contributed by atoms with Gasteiger partial charge in [-0.25, -0.2) is 13.6 Å². The van der Waals surface area contributed by atoms with E-state index in [1.165, 1.54) is 6.07 Å². The summed E-state index contributed by atoms with van der Waals surface area (Å²) in [6, 6.07) is 3.13. The van der Waals surface area contributed by atoms with Crippen molar-refractivity contribution in [1.82, 2.24) is 5.32 Å². The minimum atomic E-state index is -3.67. The quantitative estimate of drug-likeness (QED) is 0.684. The first-order valence-corrected chi connectivity index (χ1v) is 9.17. The van der Waals surface area contributed by atoms with Gasteiger partial charge in [0.15, 0.2) is 0 Å². The van der Waals surface area contributed by atoms with Gasteiger partial charge in [-0.3, -0.25) is 9.59 Å². The van der Waals surface area contributed by atoms with Gasteiger partial charge in [-0.05, 0) is 37.8 Å². The molecule has 3 fully saturated rings. The molecule has 0 radical (unpaired) electrons. The van der Waals surface area contributed by atoms with E-state index in [-0.39, 0.29) is 10.1 Å². The van der Waals surface area contributed by atoms with Crippen LogP contribution in [0, 0.1) is 10.8 Å². The van der Waals surface area contributed by atoms with Crippen LogP contribution in [0.1, 0.15) is 24.1 Å². The van der Waals surface area contributed by atoms with Gasteiger partial charge in [-0.1, -0.05) is 0 Å². The molecule has 9 heteroatoms. The SMILES string of the molecule is NS(=O)(=O)c1ccc(CCNC(=O)C23CC(C(=O)O)(C2)C3)s1. The van der Waals surface area contributed by atoms with E-state index in [1.54, 1.807) is 6.07 Å². The summed E-state index contributed by atoms with van der Waals surface area (Å²) in [6.45, 7) is 0.394. The number of carboxylic acids is 1. The minimum absolute atomic E-state index is 0.0983. The normalized spacial score (nSPS) is 29.3. The van der Waals surface area contributed by atoms with Crippen LogP contribution in [0.4, 0.5) is 0 Å². The summed E-state index contributed by atoms with van der Waals surface area (Å²) >= 11 is 1.09. The number of aliphatic carboxylic acids is 1.